The first-order chi connectivity index (χ1) is 10.8. The minimum atomic E-state index is 0.0251. The molecule has 4 rings (SSSR count). The first-order valence-electron chi connectivity index (χ1n) is 7.97. The van der Waals surface area contributed by atoms with Gasteiger partial charge >= 0.3 is 0 Å². The van der Waals surface area contributed by atoms with Gasteiger partial charge in [-0.25, -0.2) is 0 Å². The predicted molar refractivity (Wildman–Crippen MR) is 80.3 cm³/mol. The lowest BCUT2D eigenvalue weighted by Crippen LogP contribution is -2.32. The fourth-order valence-electron chi connectivity index (χ4n) is 3.59. The molecule has 6 heteroatoms. The highest BCUT2D eigenvalue weighted by Crippen LogP contribution is 2.33. The average Bonchev–Trinajstić information content (AvgIpc) is 3.22. The van der Waals surface area contributed by atoms with Crippen molar-refractivity contribution in [2.75, 3.05) is 6.54 Å². The Morgan fingerprint density at radius 2 is 2.14 bits per heavy atom. The van der Waals surface area contributed by atoms with Crippen LogP contribution in [0.5, 0.6) is 0 Å². The van der Waals surface area contributed by atoms with Crippen LogP contribution in [-0.2, 0) is 12.8 Å². The number of carbonyl (C=O) groups excluding carboxylic acids is 1. The number of hydrogen-bond acceptors (Lipinski definition) is 4. The third kappa shape index (κ3) is 2.19. The van der Waals surface area contributed by atoms with E-state index in [0.717, 1.165) is 55.6 Å². The molecule has 0 unspecified atom stereocenters. The van der Waals surface area contributed by atoms with Crippen LogP contribution in [0.1, 0.15) is 59.2 Å². The predicted octanol–water partition coefficient (Wildman–Crippen LogP) is 2.06. The molecule has 0 aromatic carbocycles. The topological polar surface area (TPSA) is 74.8 Å². The minimum absolute atomic E-state index is 0.0251. The number of H-pyrrole nitrogens is 1. The maximum absolute atomic E-state index is 13.0. The zero-order valence-corrected chi connectivity index (χ0v) is 12.5. The molecule has 1 aliphatic heterocycles. The number of amides is 1. The summed E-state index contributed by atoms with van der Waals surface area (Å²) in [5.74, 6) is 0.0348. The van der Waals surface area contributed by atoms with Crippen LogP contribution in [0, 0.1) is 0 Å². The van der Waals surface area contributed by atoms with Gasteiger partial charge in [-0.1, -0.05) is 0 Å². The van der Waals surface area contributed by atoms with Crippen molar-refractivity contribution < 1.29 is 4.79 Å². The van der Waals surface area contributed by atoms with E-state index < -0.39 is 0 Å². The molecule has 3 heterocycles. The van der Waals surface area contributed by atoms with Crippen molar-refractivity contribution in [3.63, 3.8) is 0 Å². The summed E-state index contributed by atoms with van der Waals surface area (Å²) >= 11 is 0. The molecular weight excluding hydrogens is 278 g/mol. The molecule has 0 saturated carbocycles. The van der Waals surface area contributed by atoms with Crippen molar-refractivity contribution in [3.05, 3.63) is 41.2 Å². The second-order valence-electron chi connectivity index (χ2n) is 6.02. The standard InChI is InChI=1S/C16H19N5O/c22-16(15-11-4-1-2-5-12(11)19-20-15)21-9-3-6-14(21)13-10-17-7-8-18-13/h7-8,10,14H,1-6,9H2,(H,19,20)/t14-/m1/s1. The number of aryl methyl sites for hydroxylation is 1. The fraction of sp³-hybridized carbons (Fsp3) is 0.500. The average molecular weight is 297 g/mol. The summed E-state index contributed by atoms with van der Waals surface area (Å²) in [6.45, 7) is 0.766. The van der Waals surface area contributed by atoms with Gasteiger partial charge < -0.3 is 4.90 Å². The van der Waals surface area contributed by atoms with Crippen LogP contribution in [0.3, 0.4) is 0 Å². The van der Waals surface area contributed by atoms with Gasteiger partial charge in [-0.2, -0.15) is 5.10 Å². The Labute approximate surface area is 129 Å². The largest absolute Gasteiger partial charge is 0.329 e. The van der Waals surface area contributed by atoms with E-state index in [9.17, 15) is 4.79 Å². The van der Waals surface area contributed by atoms with Gasteiger partial charge in [-0.05, 0) is 38.5 Å². The number of aromatic amines is 1. The Bertz CT molecular complexity index is 681. The monoisotopic (exact) mass is 297 g/mol. The van der Waals surface area contributed by atoms with Crippen molar-refractivity contribution in [2.24, 2.45) is 0 Å². The molecule has 6 nitrogen and oxygen atoms in total. The first kappa shape index (κ1) is 13.4. The van der Waals surface area contributed by atoms with Gasteiger partial charge in [0.25, 0.3) is 5.91 Å². The van der Waals surface area contributed by atoms with Crippen LogP contribution in [0.25, 0.3) is 0 Å². The van der Waals surface area contributed by atoms with Gasteiger partial charge in [-0.15, -0.1) is 0 Å². The lowest BCUT2D eigenvalue weighted by molar-refractivity contribution is 0.0725. The molecule has 1 N–H and O–H groups in total. The number of fused-ring (bicyclic) bond motifs is 1. The number of nitrogens with one attached hydrogen (secondary N) is 1. The quantitative estimate of drug-likeness (QED) is 0.920. The molecule has 1 amide bonds. The SMILES string of the molecule is O=C(c1n[nH]c2c1CCCC2)N1CCC[C@@H]1c1cnccn1. The van der Waals surface area contributed by atoms with E-state index in [1.165, 1.54) is 6.42 Å². The molecule has 0 bridgehead atoms. The van der Waals surface area contributed by atoms with Gasteiger partial charge in [0.05, 0.1) is 17.9 Å². The lowest BCUT2D eigenvalue weighted by atomic mass is 9.95. The molecule has 1 aliphatic carbocycles. The molecule has 114 valence electrons. The van der Waals surface area contributed by atoms with Crippen LogP contribution in [-0.4, -0.2) is 37.5 Å². The van der Waals surface area contributed by atoms with E-state index in [-0.39, 0.29) is 11.9 Å². The highest BCUT2D eigenvalue weighted by atomic mass is 16.2. The van der Waals surface area contributed by atoms with E-state index in [1.807, 2.05) is 4.90 Å². The lowest BCUT2D eigenvalue weighted by Gasteiger charge is -2.24. The Hall–Kier alpha value is -2.24. The van der Waals surface area contributed by atoms with Crippen molar-refractivity contribution in [2.45, 2.75) is 44.6 Å². The first-order valence-corrected chi connectivity index (χ1v) is 7.97. The van der Waals surface area contributed by atoms with Gasteiger partial charge in [0.15, 0.2) is 5.69 Å². The van der Waals surface area contributed by atoms with E-state index >= 15 is 0 Å². The van der Waals surface area contributed by atoms with Crippen LogP contribution >= 0.6 is 0 Å². The number of nitrogens with zero attached hydrogens (tertiary/aromatic N) is 4. The van der Waals surface area contributed by atoms with Gasteiger partial charge in [-0.3, -0.25) is 19.9 Å². The normalized spacial score (nSPS) is 20.9. The van der Waals surface area contributed by atoms with Crippen LogP contribution < -0.4 is 0 Å². The Balaban J connectivity index is 1.63. The number of likely N-dealkylation sites (tertiary alicyclic amines) is 1. The van der Waals surface area contributed by atoms with Crippen molar-refractivity contribution in [3.8, 4) is 0 Å². The molecule has 2 aliphatic rings. The Morgan fingerprint density at radius 1 is 1.23 bits per heavy atom. The van der Waals surface area contributed by atoms with Gasteiger partial charge in [0.2, 0.25) is 0 Å². The van der Waals surface area contributed by atoms with E-state index in [0.29, 0.717) is 5.69 Å². The molecule has 1 saturated heterocycles. The van der Waals surface area contributed by atoms with Crippen molar-refractivity contribution >= 4 is 5.91 Å². The maximum Gasteiger partial charge on any atom is 0.275 e. The van der Waals surface area contributed by atoms with E-state index in [4.69, 9.17) is 0 Å². The molecule has 0 spiro atoms. The third-order valence-electron chi connectivity index (χ3n) is 4.70. The molecular formula is C16H19N5O. The molecule has 0 radical (unpaired) electrons. The second-order valence-corrected chi connectivity index (χ2v) is 6.02. The van der Waals surface area contributed by atoms with Gasteiger partial charge in [0.1, 0.15) is 0 Å². The molecule has 1 fully saturated rings. The van der Waals surface area contributed by atoms with Crippen LogP contribution in [0.2, 0.25) is 0 Å². The summed E-state index contributed by atoms with van der Waals surface area (Å²) in [5, 5.41) is 7.38. The Morgan fingerprint density at radius 3 is 3.00 bits per heavy atom. The van der Waals surface area contributed by atoms with Crippen LogP contribution in [0.15, 0.2) is 18.6 Å². The fourth-order valence-corrected chi connectivity index (χ4v) is 3.59. The maximum atomic E-state index is 13.0. The molecule has 22 heavy (non-hydrogen) atoms. The highest BCUT2D eigenvalue weighted by Gasteiger charge is 2.34. The second kappa shape index (κ2) is 5.51. The summed E-state index contributed by atoms with van der Waals surface area (Å²) in [7, 11) is 0. The summed E-state index contributed by atoms with van der Waals surface area (Å²) in [6.07, 6.45) is 11.3. The van der Waals surface area contributed by atoms with Crippen molar-refractivity contribution in [1.82, 2.24) is 25.1 Å². The van der Waals surface area contributed by atoms with Crippen molar-refractivity contribution in [1.29, 1.82) is 0 Å². The number of carbonyl (C=O) groups is 1. The number of aromatic nitrogens is 4. The minimum Gasteiger partial charge on any atom is -0.329 e. The molecule has 2 aromatic heterocycles. The molecule has 2 aromatic rings. The smallest absolute Gasteiger partial charge is 0.275 e. The summed E-state index contributed by atoms with van der Waals surface area (Å²) in [4.78, 5) is 23.4. The van der Waals surface area contributed by atoms with E-state index in [2.05, 4.69) is 20.2 Å². The van der Waals surface area contributed by atoms with E-state index in [1.54, 1.807) is 18.6 Å². The third-order valence-corrected chi connectivity index (χ3v) is 4.70. The summed E-state index contributed by atoms with van der Waals surface area (Å²) < 4.78 is 0. The van der Waals surface area contributed by atoms with Gasteiger partial charge in [0, 0.05) is 30.2 Å². The summed E-state index contributed by atoms with van der Waals surface area (Å²) in [5.41, 5.74) is 3.76. The zero-order valence-electron chi connectivity index (χ0n) is 12.5. The van der Waals surface area contributed by atoms with Crippen LogP contribution in [0.4, 0.5) is 0 Å². The highest BCUT2D eigenvalue weighted by molar-refractivity contribution is 5.94. The Kier molecular flexibility index (Phi) is 3.36. The molecule has 1 atom stereocenters. The zero-order chi connectivity index (χ0) is 14.9. The summed E-state index contributed by atoms with van der Waals surface area (Å²) in [6, 6.07) is 0.0251. The number of rotatable bonds is 2. The number of hydrogen-bond donors (Lipinski definition) is 1.